The van der Waals surface area contributed by atoms with E-state index in [1.54, 1.807) is 6.92 Å². The maximum Gasteiger partial charge on any atom is 0.254 e. The van der Waals surface area contributed by atoms with Crippen molar-refractivity contribution in [2.75, 3.05) is 12.3 Å². The van der Waals surface area contributed by atoms with Gasteiger partial charge in [0.25, 0.3) is 5.91 Å². The summed E-state index contributed by atoms with van der Waals surface area (Å²) >= 11 is 0. The van der Waals surface area contributed by atoms with Crippen LogP contribution in [0.2, 0.25) is 0 Å². The molecule has 0 bridgehead atoms. The fraction of sp³-hybridized carbons (Fsp3) is 0.500. The number of amides is 1. The summed E-state index contributed by atoms with van der Waals surface area (Å²) in [5.74, 6) is -1.14. The van der Waals surface area contributed by atoms with Crippen molar-refractivity contribution < 1.29 is 14.3 Å². The van der Waals surface area contributed by atoms with E-state index in [1.807, 2.05) is 13.8 Å². The second-order valence-electron chi connectivity index (χ2n) is 4.81. The van der Waals surface area contributed by atoms with Crippen molar-refractivity contribution in [1.82, 2.24) is 5.32 Å². The molecule has 1 amide bonds. The second kappa shape index (κ2) is 6.02. The third-order valence-electron chi connectivity index (χ3n) is 3.42. The first-order valence-electron chi connectivity index (χ1n) is 6.39. The number of aliphatic hydroxyl groups is 1. The molecule has 5 heteroatoms. The van der Waals surface area contributed by atoms with Gasteiger partial charge in [0.15, 0.2) is 0 Å². The SMILES string of the molecule is CCC(O)(CC)CNC(=O)c1cc(N)cc(C)c1F. The summed E-state index contributed by atoms with van der Waals surface area (Å²) in [6, 6.07) is 2.77. The number of aryl methyl sites for hydroxylation is 1. The molecule has 0 aliphatic rings. The molecular formula is C14H21FN2O2. The van der Waals surface area contributed by atoms with Crippen LogP contribution in [0.4, 0.5) is 10.1 Å². The summed E-state index contributed by atoms with van der Waals surface area (Å²) in [6.45, 7) is 5.31. The van der Waals surface area contributed by atoms with Gasteiger partial charge < -0.3 is 16.2 Å². The fourth-order valence-electron chi connectivity index (χ4n) is 1.80. The van der Waals surface area contributed by atoms with Crippen LogP contribution in [0.1, 0.15) is 42.6 Å². The van der Waals surface area contributed by atoms with E-state index >= 15 is 0 Å². The Morgan fingerprint density at radius 3 is 2.53 bits per heavy atom. The molecule has 0 unspecified atom stereocenters. The highest BCUT2D eigenvalue weighted by Crippen LogP contribution is 2.18. The predicted octanol–water partition coefficient (Wildman–Crippen LogP) is 2.00. The Morgan fingerprint density at radius 2 is 2.00 bits per heavy atom. The number of carbonyl (C=O) groups excluding carboxylic acids is 1. The van der Waals surface area contributed by atoms with Gasteiger partial charge in [-0.15, -0.1) is 0 Å². The zero-order valence-electron chi connectivity index (χ0n) is 11.6. The number of nitrogens with two attached hydrogens (primary N) is 1. The summed E-state index contributed by atoms with van der Waals surface area (Å²) in [6.07, 6.45) is 1.03. The average Bonchev–Trinajstić information content (AvgIpc) is 2.39. The van der Waals surface area contributed by atoms with Crippen molar-refractivity contribution in [3.05, 3.63) is 29.1 Å². The molecule has 0 spiro atoms. The Kier molecular flexibility index (Phi) is 4.89. The Hall–Kier alpha value is -1.62. The molecule has 0 aliphatic heterocycles. The largest absolute Gasteiger partial charge is 0.399 e. The van der Waals surface area contributed by atoms with Crippen LogP contribution in [0.3, 0.4) is 0 Å². The van der Waals surface area contributed by atoms with Gasteiger partial charge in [-0.1, -0.05) is 13.8 Å². The third-order valence-corrected chi connectivity index (χ3v) is 3.42. The van der Waals surface area contributed by atoms with Crippen LogP contribution in [-0.2, 0) is 0 Å². The number of hydrogen-bond acceptors (Lipinski definition) is 3. The number of halogens is 1. The molecule has 0 saturated carbocycles. The quantitative estimate of drug-likeness (QED) is 0.715. The van der Waals surface area contributed by atoms with E-state index in [4.69, 9.17) is 5.73 Å². The lowest BCUT2D eigenvalue weighted by Crippen LogP contribution is -2.42. The first kappa shape index (κ1) is 15.4. The standard InChI is InChI=1S/C14H21FN2O2/c1-4-14(19,5-2)8-17-13(18)11-7-10(16)6-9(3)12(11)15/h6-7,19H,4-5,8,16H2,1-3H3,(H,17,18). The van der Waals surface area contributed by atoms with Crippen molar-refractivity contribution in [2.24, 2.45) is 0 Å². The van der Waals surface area contributed by atoms with Crippen LogP contribution in [0.15, 0.2) is 12.1 Å². The topological polar surface area (TPSA) is 75.3 Å². The molecule has 0 aliphatic carbocycles. The van der Waals surface area contributed by atoms with Crippen LogP contribution in [0.25, 0.3) is 0 Å². The van der Waals surface area contributed by atoms with Crippen LogP contribution in [0, 0.1) is 12.7 Å². The van der Waals surface area contributed by atoms with Crippen LogP contribution < -0.4 is 11.1 Å². The molecule has 0 heterocycles. The van der Waals surface area contributed by atoms with Gasteiger partial charge in [0, 0.05) is 12.2 Å². The molecule has 0 atom stereocenters. The lowest BCUT2D eigenvalue weighted by atomic mass is 9.97. The van der Waals surface area contributed by atoms with Crippen molar-refractivity contribution in [2.45, 2.75) is 39.2 Å². The smallest absolute Gasteiger partial charge is 0.254 e. The zero-order valence-corrected chi connectivity index (χ0v) is 11.6. The highest BCUT2D eigenvalue weighted by Gasteiger charge is 2.24. The number of nitrogens with one attached hydrogen (secondary N) is 1. The van der Waals surface area contributed by atoms with Gasteiger partial charge in [-0.3, -0.25) is 4.79 Å². The molecule has 19 heavy (non-hydrogen) atoms. The van der Waals surface area contributed by atoms with Crippen molar-refractivity contribution >= 4 is 11.6 Å². The van der Waals surface area contributed by atoms with Crippen molar-refractivity contribution in [1.29, 1.82) is 0 Å². The zero-order chi connectivity index (χ0) is 14.6. The lowest BCUT2D eigenvalue weighted by Gasteiger charge is -2.25. The van der Waals surface area contributed by atoms with E-state index in [9.17, 15) is 14.3 Å². The van der Waals surface area contributed by atoms with E-state index in [2.05, 4.69) is 5.32 Å². The average molecular weight is 268 g/mol. The van der Waals surface area contributed by atoms with Gasteiger partial charge in [-0.05, 0) is 37.5 Å². The van der Waals surface area contributed by atoms with E-state index < -0.39 is 17.3 Å². The molecule has 4 N–H and O–H groups in total. The Balaban J connectivity index is 2.85. The number of benzene rings is 1. The Labute approximate surface area is 112 Å². The number of hydrogen-bond donors (Lipinski definition) is 3. The van der Waals surface area contributed by atoms with Gasteiger partial charge in [0.05, 0.1) is 11.2 Å². The minimum absolute atomic E-state index is 0.0894. The number of nitrogen functional groups attached to an aromatic ring is 1. The van der Waals surface area contributed by atoms with Crippen LogP contribution in [0.5, 0.6) is 0 Å². The van der Waals surface area contributed by atoms with E-state index in [1.165, 1.54) is 12.1 Å². The maximum absolute atomic E-state index is 13.8. The van der Waals surface area contributed by atoms with E-state index in [0.717, 1.165) is 0 Å². The molecule has 1 rings (SSSR count). The van der Waals surface area contributed by atoms with Crippen molar-refractivity contribution in [3.8, 4) is 0 Å². The number of carbonyl (C=O) groups is 1. The highest BCUT2D eigenvalue weighted by atomic mass is 19.1. The minimum Gasteiger partial charge on any atom is -0.399 e. The molecule has 0 radical (unpaired) electrons. The van der Waals surface area contributed by atoms with Gasteiger partial charge in [0.2, 0.25) is 0 Å². The van der Waals surface area contributed by atoms with Crippen LogP contribution in [-0.4, -0.2) is 23.2 Å². The van der Waals surface area contributed by atoms with Gasteiger partial charge in [-0.25, -0.2) is 4.39 Å². The summed E-state index contributed by atoms with van der Waals surface area (Å²) < 4.78 is 13.8. The van der Waals surface area contributed by atoms with E-state index in [-0.39, 0.29) is 12.1 Å². The summed E-state index contributed by atoms with van der Waals surface area (Å²) in [4.78, 5) is 11.9. The Morgan fingerprint density at radius 1 is 1.42 bits per heavy atom. The predicted molar refractivity (Wildman–Crippen MR) is 73.4 cm³/mol. The van der Waals surface area contributed by atoms with Gasteiger partial charge in [0.1, 0.15) is 5.82 Å². The highest BCUT2D eigenvalue weighted by molar-refractivity contribution is 5.95. The molecule has 1 aromatic rings. The van der Waals surface area contributed by atoms with Gasteiger partial charge >= 0.3 is 0 Å². The normalized spacial score (nSPS) is 11.4. The molecule has 4 nitrogen and oxygen atoms in total. The summed E-state index contributed by atoms with van der Waals surface area (Å²) in [5, 5.41) is 12.6. The monoisotopic (exact) mass is 268 g/mol. The maximum atomic E-state index is 13.8. The first-order valence-corrected chi connectivity index (χ1v) is 6.39. The molecule has 1 aromatic carbocycles. The van der Waals surface area contributed by atoms with E-state index in [0.29, 0.717) is 24.1 Å². The lowest BCUT2D eigenvalue weighted by molar-refractivity contribution is 0.0313. The number of rotatable bonds is 5. The molecule has 0 fully saturated rings. The van der Waals surface area contributed by atoms with Crippen LogP contribution >= 0.6 is 0 Å². The van der Waals surface area contributed by atoms with Gasteiger partial charge in [-0.2, -0.15) is 0 Å². The summed E-state index contributed by atoms with van der Waals surface area (Å²) in [5.41, 5.74) is 5.22. The fourth-order valence-corrected chi connectivity index (χ4v) is 1.80. The number of anilines is 1. The first-order chi connectivity index (χ1) is 8.83. The molecule has 0 saturated heterocycles. The molecular weight excluding hydrogens is 247 g/mol. The summed E-state index contributed by atoms with van der Waals surface area (Å²) in [7, 11) is 0. The molecule has 0 aromatic heterocycles. The second-order valence-corrected chi connectivity index (χ2v) is 4.81. The Bertz CT molecular complexity index is 471. The third kappa shape index (κ3) is 3.67. The minimum atomic E-state index is -0.957. The van der Waals surface area contributed by atoms with Crippen molar-refractivity contribution in [3.63, 3.8) is 0 Å². The molecule has 106 valence electrons.